The molecule has 2 aliphatic heterocycles. The van der Waals surface area contributed by atoms with Crippen LogP contribution in [0, 0.1) is 0 Å². The van der Waals surface area contributed by atoms with Crippen molar-refractivity contribution in [3.05, 3.63) is 47.5 Å². The summed E-state index contributed by atoms with van der Waals surface area (Å²) in [4.78, 5) is 15.1. The highest BCUT2D eigenvalue weighted by Gasteiger charge is 2.29. The molecule has 0 aromatic heterocycles. The number of nitrogens with one attached hydrogen (secondary N) is 1. The number of sulfonamides is 1. The molecule has 2 aromatic rings. The summed E-state index contributed by atoms with van der Waals surface area (Å²) in [5, 5.41) is 3.48. The standard InChI is InChI=1S/C21H24ClN3O4S2/c22-16-1-3-17(4-2-16)29-13-12-24-8-10-25(11-9-24)31(27,28)18-5-6-20-19(15-18)23-21(26)7-14-30-20/h1-6,15H,7-14H2,(H,23,26). The lowest BCUT2D eigenvalue weighted by Crippen LogP contribution is -2.49. The first kappa shape index (κ1) is 22.4. The van der Waals surface area contributed by atoms with Crippen molar-refractivity contribution in [2.75, 3.05) is 50.4 Å². The maximum atomic E-state index is 13.1. The second kappa shape index (κ2) is 9.79. The highest BCUT2D eigenvalue weighted by molar-refractivity contribution is 7.99. The van der Waals surface area contributed by atoms with E-state index in [4.69, 9.17) is 16.3 Å². The molecule has 0 atom stereocenters. The fourth-order valence-corrected chi connectivity index (χ4v) is 6.04. The molecule has 10 heteroatoms. The average molecular weight is 482 g/mol. The number of amides is 1. The van der Waals surface area contributed by atoms with Crippen LogP contribution in [0.15, 0.2) is 52.3 Å². The van der Waals surface area contributed by atoms with Crippen molar-refractivity contribution in [2.24, 2.45) is 0 Å². The van der Waals surface area contributed by atoms with Crippen molar-refractivity contribution >= 4 is 45.0 Å². The third-order valence-corrected chi connectivity index (χ3v) is 8.49. The third kappa shape index (κ3) is 5.53. The average Bonchev–Trinajstić information content (AvgIpc) is 2.95. The molecule has 4 rings (SSSR count). The van der Waals surface area contributed by atoms with Crippen molar-refractivity contribution in [1.29, 1.82) is 0 Å². The van der Waals surface area contributed by atoms with Crippen LogP contribution in [0.4, 0.5) is 5.69 Å². The zero-order chi connectivity index (χ0) is 21.8. The van der Waals surface area contributed by atoms with Gasteiger partial charge in [-0.2, -0.15) is 4.31 Å². The summed E-state index contributed by atoms with van der Waals surface area (Å²) < 4.78 is 33.5. The maximum absolute atomic E-state index is 13.1. The van der Waals surface area contributed by atoms with E-state index in [1.807, 2.05) is 12.1 Å². The first-order valence-corrected chi connectivity index (χ1v) is 12.9. The van der Waals surface area contributed by atoms with E-state index in [0.717, 1.165) is 17.2 Å². The van der Waals surface area contributed by atoms with E-state index in [0.29, 0.717) is 55.7 Å². The second-order valence-electron chi connectivity index (χ2n) is 7.35. The highest BCUT2D eigenvalue weighted by atomic mass is 35.5. The Morgan fingerprint density at radius 3 is 2.55 bits per heavy atom. The molecular weight excluding hydrogens is 458 g/mol. The Kier molecular flexibility index (Phi) is 7.08. The van der Waals surface area contributed by atoms with E-state index in [9.17, 15) is 13.2 Å². The summed E-state index contributed by atoms with van der Waals surface area (Å²) in [7, 11) is -3.61. The van der Waals surface area contributed by atoms with Gasteiger partial charge in [-0.1, -0.05) is 11.6 Å². The second-order valence-corrected chi connectivity index (χ2v) is 10.9. The van der Waals surface area contributed by atoms with Gasteiger partial charge in [0.05, 0.1) is 10.6 Å². The molecule has 0 radical (unpaired) electrons. The molecule has 2 heterocycles. The van der Waals surface area contributed by atoms with E-state index < -0.39 is 10.0 Å². The Morgan fingerprint density at radius 2 is 1.81 bits per heavy atom. The van der Waals surface area contributed by atoms with Gasteiger partial charge >= 0.3 is 0 Å². The largest absolute Gasteiger partial charge is 0.492 e. The lowest BCUT2D eigenvalue weighted by Gasteiger charge is -2.33. The molecule has 0 spiro atoms. The minimum Gasteiger partial charge on any atom is -0.492 e. The minimum absolute atomic E-state index is 0.0877. The van der Waals surface area contributed by atoms with E-state index in [2.05, 4.69) is 10.2 Å². The van der Waals surface area contributed by atoms with E-state index in [1.54, 1.807) is 42.1 Å². The molecule has 0 bridgehead atoms. The molecule has 166 valence electrons. The predicted octanol–water partition coefficient (Wildman–Crippen LogP) is 3.16. The smallest absolute Gasteiger partial charge is 0.243 e. The number of ether oxygens (including phenoxy) is 1. The Bertz CT molecular complexity index is 1040. The molecule has 31 heavy (non-hydrogen) atoms. The van der Waals surface area contributed by atoms with Crippen LogP contribution in [-0.4, -0.2) is 68.6 Å². The van der Waals surface area contributed by atoms with Crippen molar-refractivity contribution in [1.82, 2.24) is 9.21 Å². The third-order valence-electron chi connectivity index (χ3n) is 5.27. The Labute approximate surface area is 191 Å². The maximum Gasteiger partial charge on any atom is 0.243 e. The van der Waals surface area contributed by atoms with Crippen LogP contribution in [0.1, 0.15) is 6.42 Å². The molecule has 1 fully saturated rings. The Balaban J connectivity index is 1.32. The number of fused-ring (bicyclic) bond motifs is 1. The molecule has 2 aromatic carbocycles. The lowest BCUT2D eigenvalue weighted by molar-refractivity contribution is -0.115. The number of carbonyl (C=O) groups is 1. The number of benzene rings is 2. The molecule has 0 unspecified atom stereocenters. The van der Waals surface area contributed by atoms with Gasteiger partial charge in [0.25, 0.3) is 0 Å². The Morgan fingerprint density at radius 1 is 1.06 bits per heavy atom. The van der Waals surface area contributed by atoms with Crippen LogP contribution >= 0.6 is 23.4 Å². The number of anilines is 1. The first-order valence-electron chi connectivity index (χ1n) is 10.1. The number of rotatable bonds is 6. The fourth-order valence-electron chi connectivity index (χ4n) is 3.53. The summed E-state index contributed by atoms with van der Waals surface area (Å²) in [6.45, 7) is 3.36. The molecule has 0 saturated carbocycles. The van der Waals surface area contributed by atoms with Gasteiger partial charge in [-0.25, -0.2) is 8.42 Å². The first-order chi connectivity index (χ1) is 14.9. The van der Waals surface area contributed by atoms with E-state index in [-0.39, 0.29) is 10.8 Å². The molecule has 7 nitrogen and oxygen atoms in total. The van der Waals surface area contributed by atoms with Crippen molar-refractivity contribution in [2.45, 2.75) is 16.2 Å². The van der Waals surface area contributed by atoms with Crippen molar-refractivity contribution in [3.63, 3.8) is 0 Å². The van der Waals surface area contributed by atoms with Gasteiger partial charge in [-0.3, -0.25) is 9.69 Å². The highest BCUT2D eigenvalue weighted by Crippen LogP contribution is 2.33. The molecular formula is C21H24ClN3O4S2. The van der Waals surface area contributed by atoms with E-state index >= 15 is 0 Å². The molecule has 1 saturated heterocycles. The van der Waals surface area contributed by atoms with Crippen molar-refractivity contribution < 1.29 is 17.9 Å². The van der Waals surface area contributed by atoms with Gasteiger partial charge in [-0.05, 0) is 42.5 Å². The lowest BCUT2D eigenvalue weighted by atomic mass is 10.3. The summed E-state index contributed by atoms with van der Waals surface area (Å²) in [5.74, 6) is 1.36. The number of hydrogen-bond acceptors (Lipinski definition) is 6. The van der Waals surface area contributed by atoms with Gasteiger partial charge in [0.15, 0.2) is 0 Å². The number of piperazine rings is 1. The monoisotopic (exact) mass is 481 g/mol. The summed E-state index contributed by atoms with van der Waals surface area (Å²) in [6, 6.07) is 12.2. The zero-order valence-corrected chi connectivity index (χ0v) is 19.3. The van der Waals surface area contributed by atoms with Crippen LogP contribution in [0.3, 0.4) is 0 Å². The molecule has 0 aliphatic carbocycles. The van der Waals surface area contributed by atoms with Gasteiger partial charge in [0.1, 0.15) is 12.4 Å². The van der Waals surface area contributed by atoms with Crippen LogP contribution in [0.2, 0.25) is 5.02 Å². The minimum atomic E-state index is -3.61. The summed E-state index contributed by atoms with van der Waals surface area (Å²) in [6.07, 6.45) is 0.422. The van der Waals surface area contributed by atoms with Gasteiger partial charge in [0.2, 0.25) is 15.9 Å². The van der Waals surface area contributed by atoms with Crippen LogP contribution in [-0.2, 0) is 14.8 Å². The number of carbonyl (C=O) groups excluding carboxylic acids is 1. The number of thioether (sulfide) groups is 1. The van der Waals surface area contributed by atoms with Crippen LogP contribution in [0.5, 0.6) is 5.75 Å². The Hall–Kier alpha value is -1.78. The summed E-state index contributed by atoms with van der Waals surface area (Å²) >= 11 is 7.43. The topological polar surface area (TPSA) is 79.0 Å². The van der Waals surface area contributed by atoms with Gasteiger partial charge in [-0.15, -0.1) is 11.8 Å². The van der Waals surface area contributed by atoms with Gasteiger partial charge in [0, 0.05) is 54.8 Å². The number of nitrogens with zero attached hydrogens (tertiary/aromatic N) is 2. The normalized spacial score (nSPS) is 18.2. The molecule has 1 amide bonds. The quantitative estimate of drug-likeness (QED) is 0.682. The van der Waals surface area contributed by atoms with Gasteiger partial charge < -0.3 is 10.1 Å². The summed E-state index contributed by atoms with van der Waals surface area (Å²) in [5.41, 5.74) is 0.576. The zero-order valence-electron chi connectivity index (χ0n) is 16.9. The van der Waals surface area contributed by atoms with Crippen LogP contribution < -0.4 is 10.1 Å². The van der Waals surface area contributed by atoms with E-state index in [1.165, 1.54) is 4.31 Å². The number of halogens is 1. The SMILES string of the molecule is O=C1CCSc2ccc(S(=O)(=O)N3CCN(CCOc4ccc(Cl)cc4)CC3)cc2N1. The van der Waals surface area contributed by atoms with Crippen molar-refractivity contribution in [3.8, 4) is 5.75 Å². The molecule has 1 N–H and O–H groups in total. The molecule has 2 aliphatic rings. The fraction of sp³-hybridized carbons (Fsp3) is 0.381. The predicted molar refractivity (Wildman–Crippen MR) is 123 cm³/mol. The number of hydrogen-bond donors (Lipinski definition) is 1. The van der Waals surface area contributed by atoms with Crippen LogP contribution in [0.25, 0.3) is 0 Å².